The molecule has 0 radical (unpaired) electrons. The zero-order chi connectivity index (χ0) is 16.6. The minimum Gasteiger partial charge on any atom is -0.390 e. The molecular formula is C17H25Cl2N3O. The van der Waals surface area contributed by atoms with Crippen molar-refractivity contribution >= 4 is 23.2 Å². The van der Waals surface area contributed by atoms with Crippen LogP contribution in [0.3, 0.4) is 0 Å². The average Bonchev–Trinajstić information content (AvgIpc) is 2.86. The first-order valence-corrected chi connectivity index (χ1v) is 8.97. The Hall–Kier alpha value is -0.360. The smallest absolute Gasteiger partial charge is 0.0834 e. The van der Waals surface area contributed by atoms with Crippen LogP contribution in [0.4, 0.5) is 0 Å². The predicted molar refractivity (Wildman–Crippen MR) is 95.3 cm³/mol. The molecule has 23 heavy (non-hydrogen) atoms. The highest BCUT2D eigenvalue weighted by molar-refractivity contribution is 6.36. The highest BCUT2D eigenvalue weighted by Crippen LogP contribution is 2.27. The molecule has 0 saturated carbocycles. The lowest BCUT2D eigenvalue weighted by Gasteiger charge is -2.37. The molecule has 2 atom stereocenters. The Morgan fingerprint density at radius 3 is 2.30 bits per heavy atom. The van der Waals surface area contributed by atoms with Gasteiger partial charge in [0.2, 0.25) is 0 Å². The van der Waals surface area contributed by atoms with Gasteiger partial charge >= 0.3 is 0 Å². The zero-order valence-electron chi connectivity index (χ0n) is 13.8. The summed E-state index contributed by atoms with van der Waals surface area (Å²) in [7, 11) is 2.15. The number of likely N-dealkylation sites (N-methyl/N-ethyl adjacent to an activating group) is 1. The summed E-state index contributed by atoms with van der Waals surface area (Å²) in [6.45, 7) is 8.54. The van der Waals surface area contributed by atoms with Crippen LogP contribution in [-0.4, -0.2) is 78.3 Å². The van der Waals surface area contributed by atoms with Crippen molar-refractivity contribution < 1.29 is 5.11 Å². The molecule has 2 aliphatic heterocycles. The highest BCUT2D eigenvalue weighted by Gasteiger charge is 2.36. The van der Waals surface area contributed by atoms with E-state index in [0.717, 1.165) is 50.4 Å². The number of aliphatic hydroxyl groups is 1. The van der Waals surface area contributed by atoms with Crippen LogP contribution in [0.2, 0.25) is 10.0 Å². The maximum Gasteiger partial charge on any atom is 0.0834 e. The number of nitrogens with zero attached hydrogens (tertiary/aromatic N) is 3. The van der Waals surface area contributed by atoms with Gasteiger partial charge in [0.1, 0.15) is 0 Å². The number of piperazine rings is 1. The molecule has 0 unspecified atom stereocenters. The molecule has 0 amide bonds. The summed E-state index contributed by atoms with van der Waals surface area (Å²) in [6.07, 6.45) is -0.283. The third-order valence-corrected chi connectivity index (χ3v) is 5.87. The summed E-state index contributed by atoms with van der Waals surface area (Å²) in [5.41, 5.74) is 2.03. The number of β-amino-alcohol motifs (C(OH)–C–C–N with tert-alkyl or cyclic N) is 1. The van der Waals surface area contributed by atoms with Crippen LogP contribution in [0, 0.1) is 6.92 Å². The second-order valence-electron chi connectivity index (χ2n) is 6.85. The number of likely N-dealkylation sites (tertiary alicyclic amines) is 1. The van der Waals surface area contributed by atoms with E-state index < -0.39 is 0 Å². The Kier molecular flexibility index (Phi) is 5.51. The van der Waals surface area contributed by atoms with Gasteiger partial charge in [0.25, 0.3) is 0 Å². The SMILES string of the molecule is Cc1c(Cl)cc(CN2C[C@@H](O)[C@H](N3CCN(C)CC3)C2)cc1Cl. The van der Waals surface area contributed by atoms with Crippen LogP contribution < -0.4 is 0 Å². The van der Waals surface area contributed by atoms with Crippen molar-refractivity contribution in [2.45, 2.75) is 25.6 Å². The van der Waals surface area contributed by atoms with Gasteiger partial charge in [-0.2, -0.15) is 0 Å². The fourth-order valence-electron chi connectivity index (χ4n) is 3.54. The standard InChI is InChI=1S/C17H25Cl2N3O/c1-12-14(18)7-13(8-15(12)19)9-21-10-16(17(23)11-21)22-5-3-20(2)4-6-22/h7-8,16-17,23H,3-6,9-11H2,1-2H3/t16-,17-/m1/s1. The van der Waals surface area contributed by atoms with E-state index in [1.165, 1.54) is 0 Å². The van der Waals surface area contributed by atoms with E-state index in [-0.39, 0.29) is 12.1 Å². The number of hydrogen-bond acceptors (Lipinski definition) is 4. The van der Waals surface area contributed by atoms with Crippen molar-refractivity contribution in [3.63, 3.8) is 0 Å². The minimum absolute atomic E-state index is 0.236. The fraction of sp³-hybridized carbons (Fsp3) is 0.647. The molecule has 2 fully saturated rings. The molecule has 0 aromatic heterocycles. The molecule has 1 N–H and O–H groups in total. The number of aliphatic hydroxyl groups excluding tert-OH is 1. The van der Waals surface area contributed by atoms with Crippen LogP contribution in [-0.2, 0) is 6.54 Å². The van der Waals surface area contributed by atoms with E-state index in [9.17, 15) is 5.11 Å². The molecule has 2 saturated heterocycles. The molecule has 4 nitrogen and oxygen atoms in total. The van der Waals surface area contributed by atoms with Crippen molar-refractivity contribution in [2.24, 2.45) is 0 Å². The lowest BCUT2D eigenvalue weighted by molar-refractivity contribution is 0.0512. The van der Waals surface area contributed by atoms with Crippen LogP contribution in [0.25, 0.3) is 0 Å². The van der Waals surface area contributed by atoms with Gasteiger partial charge in [-0.1, -0.05) is 23.2 Å². The molecule has 3 rings (SSSR count). The predicted octanol–water partition coefficient (Wildman–Crippen LogP) is 2.09. The molecule has 128 valence electrons. The van der Waals surface area contributed by atoms with Crippen LogP contribution in [0.5, 0.6) is 0 Å². The first kappa shape index (κ1) is 17.5. The van der Waals surface area contributed by atoms with Gasteiger partial charge in [-0.05, 0) is 37.2 Å². The Morgan fingerprint density at radius 1 is 1.09 bits per heavy atom. The van der Waals surface area contributed by atoms with Crippen molar-refractivity contribution in [3.05, 3.63) is 33.3 Å². The summed E-state index contributed by atoms with van der Waals surface area (Å²) in [4.78, 5) is 7.07. The molecule has 0 bridgehead atoms. The summed E-state index contributed by atoms with van der Waals surface area (Å²) >= 11 is 12.5. The third-order valence-electron chi connectivity index (χ3n) is 5.09. The molecule has 2 aliphatic rings. The lowest BCUT2D eigenvalue weighted by atomic mass is 10.1. The molecule has 1 aromatic rings. The summed E-state index contributed by atoms with van der Waals surface area (Å²) < 4.78 is 0. The number of halogens is 2. The average molecular weight is 358 g/mol. The van der Waals surface area contributed by atoms with Crippen molar-refractivity contribution in [2.75, 3.05) is 46.3 Å². The van der Waals surface area contributed by atoms with E-state index in [4.69, 9.17) is 23.2 Å². The summed E-state index contributed by atoms with van der Waals surface area (Å²) in [5, 5.41) is 11.9. The van der Waals surface area contributed by atoms with Crippen molar-refractivity contribution in [1.29, 1.82) is 0 Å². The Morgan fingerprint density at radius 2 is 1.70 bits per heavy atom. The van der Waals surface area contributed by atoms with Gasteiger partial charge in [0.15, 0.2) is 0 Å². The third kappa shape index (κ3) is 4.01. The molecular weight excluding hydrogens is 333 g/mol. The molecule has 0 spiro atoms. The maximum atomic E-state index is 10.5. The van der Waals surface area contributed by atoms with E-state index in [2.05, 4.69) is 21.7 Å². The molecule has 0 aliphatic carbocycles. The van der Waals surface area contributed by atoms with Crippen LogP contribution in [0.1, 0.15) is 11.1 Å². The Labute approximate surface area is 148 Å². The zero-order valence-corrected chi connectivity index (χ0v) is 15.3. The number of rotatable bonds is 3. The number of benzene rings is 1. The first-order valence-electron chi connectivity index (χ1n) is 8.21. The van der Waals surface area contributed by atoms with Gasteiger partial charge in [0, 0.05) is 61.9 Å². The normalized spacial score (nSPS) is 27.7. The van der Waals surface area contributed by atoms with E-state index >= 15 is 0 Å². The molecule has 6 heteroatoms. The fourth-order valence-corrected chi connectivity index (χ4v) is 4.07. The Balaban J connectivity index is 1.62. The maximum absolute atomic E-state index is 10.5. The second-order valence-corrected chi connectivity index (χ2v) is 7.67. The monoisotopic (exact) mass is 357 g/mol. The largest absolute Gasteiger partial charge is 0.390 e. The van der Waals surface area contributed by atoms with E-state index in [1.54, 1.807) is 0 Å². The van der Waals surface area contributed by atoms with Crippen molar-refractivity contribution in [1.82, 2.24) is 14.7 Å². The summed E-state index contributed by atoms with van der Waals surface area (Å²) in [5.74, 6) is 0. The van der Waals surface area contributed by atoms with Gasteiger partial charge in [0.05, 0.1) is 6.10 Å². The van der Waals surface area contributed by atoms with Crippen molar-refractivity contribution in [3.8, 4) is 0 Å². The van der Waals surface area contributed by atoms with Gasteiger partial charge in [-0.3, -0.25) is 9.80 Å². The van der Waals surface area contributed by atoms with Gasteiger partial charge in [-0.25, -0.2) is 0 Å². The van der Waals surface area contributed by atoms with Gasteiger partial charge in [-0.15, -0.1) is 0 Å². The second kappa shape index (κ2) is 7.26. The first-order chi connectivity index (χ1) is 10.9. The molecule has 2 heterocycles. The van der Waals surface area contributed by atoms with Gasteiger partial charge < -0.3 is 10.0 Å². The topological polar surface area (TPSA) is 30.0 Å². The molecule has 1 aromatic carbocycles. The van der Waals surface area contributed by atoms with Crippen LogP contribution in [0.15, 0.2) is 12.1 Å². The van der Waals surface area contributed by atoms with E-state index in [0.29, 0.717) is 16.6 Å². The highest BCUT2D eigenvalue weighted by atomic mass is 35.5. The number of hydrogen-bond donors (Lipinski definition) is 1. The summed E-state index contributed by atoms with van der Waals surface area (Å²) in [6, 6.07) is 4.21. The van der Waals surface area contributed by atoms with E-state index in [1.807, 2.05) is 19.1 Å². The quantitative estimate of drug-likeness (QED) is 0.896. The van der Waals surface area contributed by atoms with Crippen LogP contribution >= 0.6 is 23.2 Å². The lowest BCUT2D eigenvalue weighted by Crippen LogP contribution is -2.52. The minimum atomic E-state index is -0.283. The Bertz CT molecular complexity index is 538.